The molecule has 0 unspecified atom stereocenters. The number of hydrogen-bond donors (Lipinski definition) is 2. The molecular weight excluding hydrogens is 312 g/mol. The molecule has 1 heterocycles. The van der Waals surface area contributed by atoms with Gasteiger partial charge >= 0.3 is 0 Å². The van der Waals surface area contributed by atoms with Crippen LogP contribution < -0.4 is 10.6 Å². The fourth-order valence-electron chi connectivity index (χ4n) is 1.58. The summed E-state index contributed by atoms with van der Waals surface area (Å²) < 4.78 is 24.4. The van der Waals surface area contributed by atoms with E-state index in [2.05, 4.69) is 15.6 Å². The van der Waals surface area contributed by atoms with Crippen LogP contribution in [0.2, 0.25) is 0 Å². The molecule has 0 amide bonds. The van der Waals surface area contributed by atoms with Crippen molar-refractivity contribution in [1.82, 2.24) is 10.3 Å². The van der Waals surface area contributed by atoms with Crippen molar-refractivity contribution in [3.63, 3.8) is 0 Å². The number of nitrogens with one attached hydrogen (secondary N) is 2. The molecule has 0 aliphatic heterocycles. The lowest BCUT2D eigenvalue weighted by molar-refractivity contribution is 0.252. The number of alkyl halides is 2. The van der Waals surface area contributed by atoms with E-state index in [1.807, 2.05) is 12.1 Å². The van der Waals surface area contributed by atoms with Gasteiger partial charge in [0.05, 0.1) is 0 Å². The summed E-state index contributed by atoms with van der Waals surface area (Å²) in [6.07, 6.45) is 3.43. The van der Waals surface area contributed by atoms with Crippen LogP contribution in [0.4, 0.5) is 14.5 Å². The zero-order valence-corrected chi connectivity index (χ0v) is 12.6. The average Bonchev–Trinajstić information content (AvgIpc) is 2.48. The molecule has 0 saturated heterocycles. The van der Waals surface area contributed by atoms with Crippen LogP contribution in [0.1, 0.15) is 5.56 Å². The van der Waals surface area contributed by atoms with Crippen LogP contribution in [0.5, 0.6) is 0 Å². The van der Waals surface area contributed by atoms with Crippen molar-refractivity contribution < 1.29 is 8.78 Å². The van der Waals surface area contributed by atoms with Crippen LogP contribution in [0.25, 0.3) is 0 Å². The van der Waals surface area contributed by atoms with E-state index in [0.29, 0.717) is 28.3 Å². The third kappa shape index (κ3) is 5.65. The molecule has 2 aromatic rings. The highest BCUT2D eigenvalue weighted by molar-refractivity contribution is 7.99. The second-order valence-corrected chi connectivity index (χ2v) is 5.54. The number of nitrogens with zero attached hydrogens (tertiary/aromatic N) is 1. The van der Waals surface area contributed by atoms with E-state index in [1.54, 1.807) is 36.7 Å². The normalized spacial score (nSPS) is 10.4. The lowest BCUT2D eigenvalue weighted by atomic mass is 10.3. The number of halogens is 2. The predicted molar refractivity (Wildman–Crippen MR) is 85.6 cm³/mol. The van der Waals surface area contributed by atoms with E-state index >= 15 is 0 Å². The molecule has 0 radical (unpaired) electrons. The Labute approximate surface area is 131 Å². The van der Waals surface area contributed by atoms with Crippen LogP contribution in [-0.2, 0) is 6.54 Å². The second kappa shape index (κ2) is 7.90. The van der Waals surface area contributed by atoms with Gasteiger partial charge in [-0.1, -0.05) is 11.8 Å². The Morgan fingerprint density at radius 2 is 1.81 bits per heavy atom. The summed E-state index contributed by atoms with van der Waals surface area (Å²) in [6, 6.07) is 10.5. The van der Waals surface area contributed by atoms with Gasteiger partial charge in [0.1, 0.15) is 0 Å². The molecule has 0 fully saturated rings. The van der Waals surface area contributed by atoms with Crippen LogP contribution in [0, 0.1) is 0 Å². The number of rotatable bonds is 5. The van der Waals surface area contributed by atoms with Crippen molar-refractivity contribution >= 4 is 34.8 Å². The number of thiocarbonyl (C=S) groups is 1. The maximum absolute atomic E-state index is 12.2. The lowest BCUT2D eigenvalue weighted by Gasteiger charge is -2.11. The summed E-state index contributed by atoms with van der Waals surface area (Å²) in [5, 5.41) is 6.54. The first kappa shape index (κ1) is 15.7. The zero-order valence-electron chi connectivity index (χ0n) is 10.9. The summed E-state index contributed by atoms with van der Waals surface area (Å²) in [5.74, 6) is -2.41. The number of benzene rings is 1. The fraction of sp³-hybridized carbons (Fsp3) is 0.143. The molecule has 2 rings (SSSR count). The van der Waals surface area contributed by atoms with Crippen LogP contribution in [-0.4, -0.2) is 15.9 Å². The van der Waals surface area contributed by atoms with E-state index in [9.17, 15) is 8.78 Å². The minimum absolute atomic E-state index is 0.473. The van der Waals surface area contributed by atoms with Gasteiger partial charge in [-0.3, -0.25) is 4.98 Å². The number of thioether (sulfide) groups is 1. The van der Waals surface area contributed by atoms with Gasteiger partial charge in [0.15, 0.2) is 5.11 Å². The molecule has 0 aliphatic rings. The van der Waals surface area contributed by atoms with Crippen molar-refractivity contribution in [2.45, 2.75) is 17.2 Å². The van der Waals surface area contributed by atoms with E-state index in [4.69, 9.17) is 12.2 Å². The Bertz CT molecular complexity index is 577. The fourth-order valence-corrected chi connectivity index (χ4v) is 2.27. The summed E-state index contributed by atoms with van der Waals surface area (Å²) >= 11 is 5.69. The molecule has 21 heavy (non-hydrogen) atoms. The summed E-state index contributed by atoms with van der Waals surface area (Å²) in [5.41, 5.74) is 1.82. The highest BCUT2D eigenvalue weighted by Crippen LogP contribution is 2.26. The Morgan fingerprint density at radius 3 is 2.43 bits per heavy atom. The van der Waals surface area contributed by atoms with Gasteiger partial charge in [-0.05, 0) is 54.2 Å². The van der Waals surface area contributed by atoms with Crippen LogP contribution in [0.3, 0.4) is 0 Å². The number of pyridine rings is 1. The second-order valence-electron chi connectivity index (χ2n) is 4.07. The van der Waals surface area contributed by atoms with Gasteiger partial charge in [0.2, 0.25) is 0 Å². The number of aromatic nitrogens is 1. The SMILES string of the molecule is FC(F)Sc1ccc(NC(=S)NCc2ccncc2)cc1. The molecule has 0 atom stereocenters. The zero-order chi connectivity index (χ0) is 15.1. The highest BCUT2D eigenvalue weighted by Gasteiger charge is 2.05. The van der Waals surface area contributed by atoms with Gasteiger partial charge in [0, 0.05) is 29.5 Å². The Morgan fingerprint density at radius 1 is 1.14 bits per heavy atom. The minimum atomic E-state index is -2.41. The maximum atomic E-state index is 12.2. The van der Waals surface area contributed by atoms with Crippen LogP contribution in [0.15, 0.2) is 53.7 Å². The van der Waals surface area contributed by atoms with Crippen molar-refractivity contribution in [3.05, 3.63) is 54.4 Å². The van der Waals surface area contributed by atoms with E-state index < -0.39 is 5.76 Å². The first-order valence-electron chi connectivity index (χ1n) is 6.12. The van der Waals surface area contributed by atoms with Gasteiger partial charge in [0.25, 0.3) is 5.76 Å². The largest absolute Gasteiger partial charge is 0.358 e. The quantitative estimate of drug-likeness (QED) is 0.644. The van der Waals surface area contributed by atoms with E-state index in [-0.39, 0.29) is 0 Å². The molecule has 7 heteroatoms. The summed E-state index contributed by atoms with van der Waals surface area (Å²) in [7, 11) is 0. The molecule has 2 N–H and O–H groups in total. The molecule has 0 saturated carbocycles. The van der Waals surface area contributed by atoms with E-state index in [1.165, 1.54) is 0 Å². The smallest absolute Gasteiger partial charge is 0.288 e. The van der Waals surface area contributed by atoms with Gasteiger partial charge in [-0.15, -0.1) is 0 Å². The van der Waals surface area contributed by atoms with Crippen molar-refractivity contribution in [1.29, 1.82) is 0 Å². The average molecular weight is 325 g/mol. The van der Waals surface area contributed by atoms with E-state index in [0.717, 1.165) is 11.3 Å². The first-order chi connectivity index (χ1) is 10.1. The monoisotopic (exact) mass is 325 g/mol. The predicted octanol–water partition coefficient (Wildman–Crippen LogP) is 3.88. The molecule has 3 nitrogen and oxygen atoms in total. The summed E-state index contributed by atoms with van der Waals surface area (Å²) in [4.78, 5) is 4.46. The summed E-state index contributed by atoms with van der Waals surface area (Å²) in [6.45, 7) is 0.591. The maximum Gasteiger partial charge on any atom is 0.288 e. The number of anilines is 1. The van der Waals surface area contributed by atoms with Gasteiger partial charge < -0.3 is 10.6 Å². The molecule has 110 valence electrons. The molecule has 0 bridgehead atoms. The Kier molecular flexibility index (Phi) is 5.89. The standard InChI is InChI=1S/C14H13F2N3S2/c15-13(16)21-12-3-1-11(2-4-12)19-14(20)18-9-10-5-7-17-8-6-10/h1-8,13H,9H2,(H2,18,19,20). The van der Waals surface area contributed by atoms with Gasteiger partial charge in [-0.2, -0.15) is 8.78 Å². The molecule has 0 aliphatic carbocycles. The molecular formula is C14H13F2N3S2. The minimum Gasteiger partial charge on any atom is -0.358 e. The Hall–Kier alpha value is -1.73. The number of hydrogen-bond acceptors (Lipinski definition) is 3. The topological polar surface area (TPSA) is 37.0 Å². The van der Waals surface area contributed by atoms with Crippen molar-refractivity contribution in [2.24, 2.45) is 0 Å². The van der Waals surface area contributed by atoms with Crippen molar-refractivity contribution in [3.8, 4) is 0 Å². The van der Waals surface area contributed by atoms with Crippen LogP contribution >= 0.6 is 24.0 Å². The third-order valence-electron chi connectivity index (χ3n) is 2.54. The molecule has 0 spiro atoms. The third-order valence-corrected chi connectivity index (χ3v) is 3.51. The molecule has 1 aromatic heterocycles. The molecule has 1 aromatic carbocycles. The van der Waals surface area contributed by atoms with Gasteiger partial charge in [-0.25, -0.2) is 0 Å². The van der Waals surface area contributed by atoms with Crippen molar-refractivity contribution in [2.75, 3.05) is 5.32 Å². The Balaban J connectivity index is 1.82. The highest BCUT2D eigenvalue weighted by atomic mass is 32.2. The first-order valence-corrected chi connectivity index (χ1v) is 7.41. The lowest BCUT2D eigenvalue weighted by Crippen LogP contribution is -2.27.